The van der Waals surface area contributed by atoms with Gasteiger partial charge in [-0.2, -0.15) is 5.26 Å². The van der Waals surface area contributed by atoms with E-state index in [0.717, 1.165) is 6.54 Å². The number of amides is 1. The summed E-state index contributed by atoms with van der Waals surface area (Å²) in [6.45, 7) is 4.09. The molecule has 82 valence electrons. The molecule has 0 aromatic rings. The summed E-state index contributed by atoms with van der Waals surface area (Å²) in [5.41, 5.74) is 0. The lowest BCUT2D eigenvalue weighted by atomic mass is 10.0. The van der Waals surface area contributed by atoms with Crippen molar-refractivity contribution < 1.29 is 4.79 Å². The number of hydrogen-bond donors (Lipinski definition) is 1. The Morgan fingerprint density at radius 2 is 2.33 bits per heavy atom. The monoisotopic (exact) mass is 207 g/mol. The van der Waals surface area contributed by atoms with E-state index < -0.39 is 0 Å². The van der Waals surface area contributed by atoms with E-state index in [1.165, 1.54) is 12.8 Å². The van der Waals surface area contributed by atoms with Crippen LogP contribution in [0.15, 0.2) is 0 Å². The van der Waals surface area contributed by atoms with Crippen molar-refractivity contribution >= 4 is 5.91 Å². The Bertz CT molecular complexity index is 293. The second kappa shape index (κ2) is 4.19. The van der Waals surface area contributed by atoms with E-state index >= 15 is 0 Å². The molecule has 2 rings (SSSR count). The van der Waals surface area contributed by atoms with Crippen LogP contribution in [0.5, 0.6) is 0 Å². The van der Waals surface area contributed by atoms with Gasteiger partial charge in [-0.05, 0) is 18.8 Å². The van der Waals surface area contributed by atoms with E-state index in [4.69, 9.17) is 5.26 Å². The zero-order chi connectivity index (χ0) is 10.8. The molecule has 4 nitrogen and oxygen atoms in total. The van der Waals surface area contributed by atoms with Crippen molar-refractivity contribution in [1.29, 1.82) is 5.26 Å². The SMILES string of the molecule is CC(C(=O)N1CCNCC1C#N)C1CC1. The molecule has 0 spiro atoms. The van der Waals surface area contributed by atoms with Gasteiger partial charge in [0.15, 0.2) is 0 Å². The van der Waals surface area contributed by atoms with Gasteiger partial charge in [-0.1, -0.05) is 6.92 Å². The Balaban J connectivity index is 2.00. The lowest BCUT2D eigenvalue weighted by molar-refractivity contribution is -0.137. The van der Waals surface area contributed by atoms with Crippen LogP contribution in [0.25, 0.3) is 0 Å². The van der Waals surface area contributed by atoms with Gasteiger partial charge < -0.3 is 10.2 Å². The molecule has 0 radical (unpaired) electrons. The molecule has 2 unspecified atom stereocenters. The van der Waals surface area contributed by atoms with Gasteiger partial charge >= 0.3 is 0 Å². The number of carbonyl (C=O) groups is 1. The molecule has 1 N–H and O–H groups in total. The summed E-state index contributed by atoms with van der Waals surface area (Å²) in [6.07, 6.45) is 2.35. The predicted octanol–water partition coefficient (Wildman–Crippen LogP) is 0.356. The highest BCUT2D eigenvalue weighted by Crippen LogP contribution is 2.37. The molecule has 0 bridgehead atoms. The number of nitrogens with zero attached hydrogens (tertiary/aromatic N) is 2. The fourth-order valence-corrected chi connectivity index (χ4v) is 2.14. The van der Waals surface area contributed by atoms with Gasteiger partial charge in [0.25, 0.3) is 0 Å². The second-order valence-corrected chi connectivity index (χ2v) is 4.51. The van der Waals surface area contributed by atoms with Crippen LogP contribution in [0.3, 0.4) is 0 Å². The van der Waals surface area contributed by atoms with Crippen LogP contribution in [-0.2, 0) is 4.79 Å². The van der Waals surface area contributed by atoms with E-state index in [0.29, 0.717) is 19.0 Å². The Labute approximate surface area is 90.2 Å². The minimum absolute atomic E-state index is 0.110. The molecule has 1 heterocycles. The summed E-state index contributed by atoms with van der Waals surface area (Å²) >= 11 is 0. The van der Waals surface area contributed by atoms with Crippen LogP contribution in [0, 0.1) is 23.2 Å². The molecule has 1 aliphatic heterocycles. The van der Waals surface area contributed by atoms with Gasteiger partial charge in [-0.3, -0.25) is 4.79 Å². The van der Waals surface area contributed by atoms with Crippen molar-refractivity contribution in [2.24, 2.45) is 11.8 Å². The number of nitrogens with one attached hydrogen (secondary N) is 1. The van der Waals surface area contributed by atoms with Crippen LogP contribution in [-0.4, -0.2) is 36.5 Å². The highest BCUT2D eigenvalue weighted by molar-refractivity contribution is 5.80. The fraction of sp³-hybridized carbons (Fsp3) is 0.818. The first-order valence-electron chi connectivity index (χ1n) is 5.65. The lowest BCUT2D eigenvalue weighted by Crippen LogP contribution is -2.54. The Morgan fingerprint density at radius 1 is 1.60 bits per heavy atom. The number of rotatable bonds is 2. The molecule has 0 aromatic carbocycles. The third-order valence-corrected chi connectivity index (χ3v) is 3.39. The van der Waals surface area contributed by atoms with E-state index in [1.54, 1.807) is 4.90 Å². The van der Waals surface area contributed by atoms with Gasteiger partial charge in [-0.15, -0.1) is 0 Å². The van der Waals surface area contributed by atoms with Crippen LogP contribution >= 0.6 is 0 Å². The maximum Gasteiger partial charge on any atom is 0.226 e. The van der Waals surface area contributed by atoms with Crippen LogP contribution in [0.2, 0.25) is 0 Å². The van der Waals surface area contributed by atoms with Gasteiger partial charge in [0.1, 0.15) is 6.04 Å². The first-order valence-corrected chi connectivity index (χ1v) is 5.65. The molecule has 1 saturated carbocycles. The van der Waals surface area contributed by atoms with Crippen LogP contribution < -0.4 is 5.32 Å². The number of nitriles is 1. The minimum atomic E-state index is -0.271. The third kappa shape index (κ3) is 2.13. The smallest absolute Gasteiger partial charge is 0.226 e. The average Bonchev–Trinajstić information content (AvgIpc) is 3.11. The largest absolute Gasteiger partial charge is 0.324 e. The summed E-state index contributed by atoms with van der Waals surface area (Å²) in [7, 11) is 0. The van der Waals surface area contributed by atoms with E-state index in [-0.39, 0.29) is 17.9 Å². The number of hydrogen-bond acceptors (Lipinski definition) is 3. The summed E-state index contributed by atoms with van der Waals surface area (Å²) in [6, 6.07) is 1.92. The average molecular weight is 207 g/mol. The summed E-state index contributed by atoms with van der Waals surface area (Å²) in [4.78, 5) is 13.8. The van der Waals surface area contributed by atoms with Crippen molar-refractivity contribution in [1.82, 2.24) is 10.2 Å². The Kier molecular flexibility index (Phi) is 2.92. The molecular weight excluding hydrogens is 190 g/mol. The molecule has 4 heteroatoms. The maximum atomic E-state index is 12.1. The highest BCUT2D eigenvalue weighted by Gasteiger charge is 2.37. The maximum absolute atomic E-state index is 12.1. The summed E-state index contributed by atoms with van der Waals surface area (Å²) in [5, 5.41) is 12.1. The fourth-order valence-electron chi connectivity index (χ4n) is 2.14. The van der Waals surface area contributed by atoms with Crippen molar-refractivity contribution in [3.63, 3.8) is 0 Å². The van der Waals surface area contributed by atoms with Gasteiger partial charge in [0.2, 0.25) is 5.91 Å². The Morgan fingerprint density at radius 3 is 2.93 bits per heavy atom. The van der Waals surface area contributed by atoms with Crippen molar-refractivity contribution in [2.45, 2.75) is 25.8 Å². The zero-order valence-electron chi connectivity index (χ0n) is 9.07. The van der Waals surface area contributed by atoms with E-state index in [9.17, 15) is 4.79 Å². The third-order valence-electron chi connectivity index (χ3n) is 3.39. The quantitative estimate of drug-likeness (QED) is 0.711. The van der Waals surface area contributed by atoms with E-state index in [2.05, 4.69) is 11.4 Å². The van der Waals surface area contributed by atoms with Crippen LogP contribution in [0.1, 0.15) is 19.8 Å². The number of carbonyl (C=O) groups excluding carboxylic acids is 1. The topological polar surface area (TPSA) is 56.1 Å². The minimum Gasteiger partial charge on any atom is -0.324 e. The molecule has 2 atom stereocenters. The van der Waals surface area contributed by atoms with E-state index in [1.807, 2.05) is 6.92 Å². The first kappa shape index (κ1) is 10.4. The van der Waals surface area contributed by atoms with Crippen LogP contribution in [0.4, 0.5) is 0 Å². The first-order chi connectivity index (χ1) is 7.24. The second-order valence-electron chi connectivity index (χ2n) is 4.51. The lowest BCUT2D eigenvalue weighted by Gasteiger charge is -2.33. The highest BCUT2D eigenvalue weighted by atomic mass is 16.2. The van der Waals surface area contributed by atoms with Gasteiger partial charge in [0.05, 0.1) is 6.07 Å². The predicted molar refractivity (Wildman–Crippen MR) is 55.9 cm³/mol. The molecule has 1 saturated heterocycles. The summed E-state index contributed by atoms with van der Waals surface area (Å²) < 4.78 is 0. The molecule has 0 aromatic heterocycles. The molecule has 15 heavy (non-hydrogen) atoms. The summed E-state index contributed by atoms with van der Waals surface area (Å²) in [5.74, 6) is 0.858. The standard InChI is InChI=1S/C11H17N3O/c1-8(9-2-3-9)11(15)14-5-4-13-7-10(14)6-12/h8-10,13H,2-5,7H2,1H3. The molecular formula is C11H17N3O. The van der Waals surface area contributed by atoms with Crippen molar-refractivity contribution in [2.75, 3.05) is 19.6 Å². The molecule has 1 amide bonds. The Hall–Kier alpha value is -1.08. The normalized spacial score (nSPS) is 28.3. The van der Waals surface area contributed by atoms with Gasteiger partial charge in [-0.25, -0.2) is 0 Å². The number of piperazine rings is 1. The molecule has 1 aliphatic carbocycles. The molecule has 2 fully saturated rings. The zero-order valence-corrected chi connectivity index (χ0v) is 9.07. The van der Waals surface area contributed by atoms with Crippen molar-refractivity contribution in [3.8, 4) is 6.07 Å². The van der Waals surface area contributed by atoms with Gasteiger partial charge in [0, 0.05) is 25.6 Å². The van der Waals surface area contributed by atoms with Crippen molar-refractivity contribution in [3.05, 3.63) is 0 Å². The molecule has 2 aliphatic rings.